The molecule has 0 aromatic carbocycles. The zero-order chi connectivity index (χ0) is 22.8. The van der Waals surface area contributed by atoms with Gasteiger partial charge in [0.25, 0.3) is 0 Å². The zero-order valence-electron chi connectivity index (χ0n) is 22.3. The lowest BCUT2D eigenvalue weighted by atomic mass is 9.32. The van der Waals surface area contributed by atoms with Crippen LogP contribution in [0.15, 0.2) is 0 Å². The summed E-state index contributed by atoms with van der Waals surface area (Å²) >= 11 is 0. The molecule has 2 saturated heterocycles. The molecule has 2 bridgehead atoms. The molecule has 2 aliphatic heterocycles. The molecule has 182 valence electrons. The van der Waals surface area contributed by atoms with Crippen LogP contribution in [0.3, 0.4) is 0 Å². The third kappa shape index (κ3) is 2.56. The van der Waals surface area contributed by atoms with E-state index in [0.29, 0.717) is 38.6 Å². The van der Waals surface area contributed by atoms with E-state index in [0.717, 1.165) is 30.3 Å². The fourth-order valence-electron chi connectivity index (χ4n) is 11.9. The number of ether oxygens (including phenoxy) is 1. The van der Waals surface area contributed by atoms with Gasteiger partial charge >= 0.3 is 0 Å². The molecule has 0 radical (unpaired) electrons. The van der Waals surface area contributed by atoms with Crippen LogP contribution >= 0.6 is 0 Å². The highest BCUT2D eigenvalue weighted by molar-refractivity contribution is 5.20. The number of rotatable bonds is 0. The second kappa shape index (κ2) is 6.57. The van der Waals surface area contributed by atoms with E-state index < -0.39 is 0 Å². The van der Waals surface area contributed by atoms with Gasteiger partial charge in [-0.3, -0.25) is 0 Å². The summed E-state index contributed by atoms with van der Waals surface area (Å²) in [6.07, 6.45) is 13.4. The van der Waals surface area contributed by atoms with E-state index in [1.54, 1.807) is 0 Å². The summed E-state index contributed by atoms with van der Waals surface area (Å²) < 4.78 is 6.73. The second-order valence-corrected chi connectivity index (χ2v) is 15.7. The Bertz CT molecular complexity index is 788. The van der Waals surface area contributed by atoms with Gasteiger partial charge in [0.1, 0.15) is 0 Å². The lowest BCUT2D eigenvalue weighted by Gasteiger charge is -2.72. The molecule has 6 aliphatic rings. The first-order chi connectivity index (χ1) is 14.9. The Morgan fingerprint density at radius 3 is 2.22 bits per heavy atom. The minimum absolute atomic E-state index is 0.362. The molecule has 0 amide bonds. The lowest BCUT2D eigenvalue weighted by Crippen LogP contribution is -2.66. The van der Waals surface area contributed by atoms with Gasteiger partial charge < -0.3 is 10.1 Å². The maximum Gasteiger partial charge on any atom is 0.0663 e. The third-order valence-electron chi connectivity index (χ3n) is 13.8. The van der Waals surface area contributed by atoms with E-state index in [9.17, 15) is 0 Å². The molecular formula is C30H51NO. The van der Waals surface area contributed by atoms with Crippen molar-refractivity contribution in [1.82, 2.24) is 5.32 Å². The van der Waals surface area contributed by atoms with E-state index in [1.807, 2.05) is 0 Å². The van der Waals surface area contributed by atoms with Crippen molar-refractivity contribution < 1.29 is 4.74 Å². The van der Waals surface area contributed by atoms with E-state index in [-0.39, 0.29) is 0 Å². The molecule has 9 atom stereocenters. The van der Waals surface area contributed by atoms with Crippen molar-refractivity contribution in [2.45, 2.75) is 112 Å². The van der Waals surface area contributed by atoms with Crippen LogP contribution in [0.25, 0.3) is 0 Å². The summed E-state index contributed by atoms with van der Waals surface area (Å²) in [7, 11) is 0. The number of fused-ring (bicyclic) bond motifs is 5. The van der Waals surface area contributed by atoms with Gasteiger partial charge in [-0.05, 0) is 120 Å². The van der Waals surface area contributed by atoms with Gasteiger partial charge in [-0.15, -0.1) is 0 Å². The molecule has 0 aromatic heterocycles. The fourth-order valence-corrected chi connectivity index (χ4v) is 11.9. The maximum absolute atomic E-state index is 6.73. The summed E-state index contributed by atoms with van der Waals surface area (Å²) in [5, 5.41) is 3.84. The Morgan fingerprint density at radius 1 is 0.688 bits per heavy atom. The highest BCUT2D eigenvalue weighted by atomic mass is 16.5. The maximum atomic E-state index is 6.73. The smallest absolute Gasteiger partial charge is 0.0663 e. The summed E-state index contributed by atoms with van der Waals surface area (Å²) in [5.41, 5.74) is 2.77. The quantitative estimate of drug-likeness (QED) is 0.434. The van der Waals surface area contributed by atoms with Gasteiger partial charge in [-0.2, -0.15) is 0 Å². The minimum atomic E-state index is 0.362. The second-order valence-electron chi connectivity index (χ2n) is 15.7. The number of nitrogens with one attached hydrogen (secondary N) is 1. The molecule has 2 heteroatoms. The Morgan fingerprint density at radius 2 is 1.44 bits per heavy atom. The average Bonchev–Trinajstić information content (AvgIpc) is 2.99. The van der Waals surface area contributed by atoms with Crippen LogP contribution in [0, 0.1) is 56.2 Å². The summed E-state index contributed by atoms with van der Waals surface area (Å²) in [4.78, 5) is 0. The Labute approximate surface area is 198 Å². The molecule has 4 aliphatic carbocycles. The van der Waals surface area contributed by atoms with Crippen LogP contribution in [0.5, 0.6) is 0 Å². The van der Waals surface area contributed by atoms with Gasteiger partial charge in [0.05, 0.1) is 12.7 Å². The van der Waals surface area contributed by atoms with E-state index in [1.165, 1.54) is 70.9 Å². The van der Waals surface area contributed by atoms with Crippen molar-refractivity contribution in [2.24, 2.45) is 56.2 Å². The molecule has 6 fully saturated rings. The fraction of sp³-hybridized carbons (Fsp3) is 1.00. The van der Waals surface area contributed by atoms with Crippen LogP contribution in [0.2, 0.25) is 0 Å². The predicted octanol–water partition coefficient (Wildman–Crippen LogP) is 7.08. The van der Waals surface area contributed by atoms with Crippen molar-refractivity contribution in [3.63, 3.8) is 0 Å². The first kappa shape index (κ1) is 22.4. The lowest BCUT2D eigenvalue weighted by molar-refractivity contribution is -0.233. The molecule has 0 aromatic rings. The Balaban J connectivity index is 1.40. The van der Waals surface area contributed by atoms with Crippen molar-refractivity contribution in [3.8, 4) is 0 Å². The van der Waals surface area contributed by atoms with Gasteiger partial charge in [0.15, 0.2) is 0 Å². The molecule has 0 spiro atoms. The normalized spacial score (nSPS) is 58.0. The molecule has 4 saturated carbocycles. The largest absolute Gasteiger partial charge is 0.377 e. The van der Waals surface area contributed by atoms with Crippen LogP contribution in [0.1, 0.15) is 106 Å². The molecule has 32 heavy (non-hydrogen) atoms. The zero-order valence-corrected chi connectivity index (χ0v) is 22.3. The van der Waals surface area contributed by atoms with Crippen LogP contribution < -0.4 is 5.32 Å². The van der Waals surface area contributed by atoms with Crippen molar-refractivity contribution in [3.05, 3.63) is 0 Å². The van der Waals surface area contributed by atoms with Crippen LogP contribution in [-0.4, -0.2) is 25.8 Å². The molecule has 2 nitrogen and oxygen atoms in total. The first-order valence-electron chi connectivity index (χ1n) is 14.2. The van der Waals surface area contributed by atoms with E-state index in [4.69, 9.17) is 4.74 Å². The highest BCUT2D eigenvalue weighted by Crippen LogP contribution is 2.77. The van der Waals surface area contributed by atoms with E-state index >= 15 is 0 Å². The standard InChI is InChI=1S/C30H51NO/c1-25(2)12-14-30-15-13-28(6)20(23(30)24(25)32-19-30)8-9-22-27(5)16-17-31-18-26(3,4)21(27)10-11-29(22,28)7/h20-24,31H,8-19H2,1-7H3/t20-,21+,22-,23+,24-,27+,28-,29-,30-/m1/s1. The predicted molar refractivity (Wildman–Crippen MR) is 132 cm³/mol. The molecule has 6 rings (SSSR count). The first-order valence-corrected chi connectivity index (χ1v) is 14.2. The summed E-state index contributed by atoms with van der Waals surface area (Å²) in [5.74, 6) is 3.45. The van der Waals surface area contributed by atoms with Crippen LogP contribution in [-0.2, 0) is 4.74 Å². The van der Waals surface area contributed by atoms with Gasteiger partial charge in [0, 0.05) is 6.54 Å². The number of hydrogen-bond acceptors (Lipinski definition) is 2. The molecule has 0 unspecified atom stereocenters. The van der Waals surface area contributed by atoms with Crippen LogP contribution in [0.4, 0.5) is 0 Å². The highest BCUT2D eigenvalue weighted by Gasteiger charge is 2.72. The minimum Gasteiger partial charge on any atom is -0.377 e. The molecule has 2 heterocycles. The van der Waals surface area contributed by atoms with Gasteiger partial charge in [-0.1, -0.05) is 48.5 Å². The van der Waals surface area contributed by atoms with Crippen molar-refractivity contribution >= 4 is 0 Å². The SMILES string of the molecule is CC1(C)CC[C@]23CC[C@]4(C)[C@H](CC[C@@H]5[C@@]6(C)CCNCC(C)(C)[C@@H]6CC[C@]54C)[C@H]2[C@H]1OC3. The Hall–Kier alpha value is -0.0800. The van der Waals surface area contributed by atoms with Crippen molar-refractivity contribution in [1.29, 1.82) is 0 Å². The Kier molecular flexibility index (Phi) is 4.59. The van der Waals surface area contributed by atoms with Gasteiger partial charge in [0.2, 0.25) is 0 Å². The topological polar surface area (TPSA) is 21.3 Å². The summed E-state index contributed by atoms with van der Waals surface area (Å²) in [6.45, 7) is 21.9. The van der Waals surface area contributed by atoms with Gasteiger partial charge in [-0.25, -0.2) is 0 Å². The van der Waals surface area contributed by atoms with E-state index in [2.05, 4.69) is 53.8 Å². The third-order valence-corrected chi connectivity index (χ3v) is 13.8. The van der Waals surface area contributed by atoms with Crippen molar-refractivity contribution in [2.75, 3.05) is 19.7 Å². The molecule has 1 N–H and O–H groups in total. The number of hydrogen-bond donors (Lipinski definition) is 1. The summed E-state index contributed by atoms with van der Waals surface area (Å²) in [6, 6.07) is 0. The average molecular weight is 442 g/mol. The monoisotopic (exact) mass is 441 g/mol. The molecular weight excluding hydrogens is 390 g/mol.